The molecule has 0 spiro atoms. The molecule has 0 unspecified atom stereocenters. The normalized spacial score (nSPS) is 10.4. The minimum absolute atomic E-state index is 0.0447. The van der Waals surface area contributed by atoms with Crippen LogP contribution in [0.2, 0.25) is 0 Å². The van der Waals surface area contributed by atoms with Crippen molar-refractivity contribution in [3.8, 4) is 119 Å². The number of ketones is 3. The first-order valence-corrected chi connectivity index (χ1v) is 35.7. The SMILES string of the molecule is CCOc1ccc(-c2c(-c3ccc(OC)cc3)c[nH]c2C(=O)OC)cc1.CCOc1ccc(-c2c(-c3ccc(OC)cc3)cn(CC(=O)c3ccc(OC)cc3)c2C(=O)OC)cc1.COC(=O)c1c(-c2ccc(O)cc2)c(-c2ccc(OC)cc2)cn1CC(=O)c1ccc(OC)cc1.COc1ccc(C(=O)CBr)cc1. The highest BCUT2D eigenvalue weighted by molar-refractivity contribution is 9.09. The van der Waals surface area contributed by atoms with Crippen LogP contribution >= 0.6 is 15.9 Å². The molecular formula is C88H84BrN3O18. The topological polar surface area (TPSA) is 250 Å². The lowest BCUT2D eigenvalue weighted by Gasteiger charge is -2.11. The van der Waals surface area contributed by atoms with Crippen molar-refractivity contribution in [3.63, 3.8) is 0 Å². The van der Waals surface area contributed by atoms with E-state index in [-0.39, 0.29) is 41.9 Å². The maximum Gasteiger partial charge on any atom is 0.355 e. The molecule has 9 aromatic carbocycles. The summed E-state index contributed by atoms with van der Waals surface area (Å²) in [5, 5.41) is 10.2. The smallest absolute Gasteiger partial charge is 0.355 e. The van der Waals surface area contributed by atoms with Gasteiger partial charge in [0.1, 0.15) is 68.8 Å². The van der Waals surface area contributed by atoms with Crippen molar-refractivity contribution in [2.75, 3.05) is 82.5 Å². The van der Waals surface area contributed by atoms with Crippen LogP contribution < -0.4 is 37.9 Å². The number of hydrogen-bond donors (Lipinski definition) is 2. The number of Topliss-reactive ketones (excluding diaryl/α,β-unsaturated/α-hetero) is 3. The number of carbonyl (C=O) groups excluding carboxylic acids is 6. The summed E-state index contributed by atoms with van der Waals surface area (Å²) < 4.78 is 60.7. The van der Waals surface area contributed by atoms with Crippen molar-refractivity contribution in [2.24, 2.45) is 0 Å². The zero-order valence-corrected chi connectivity index (χ0v) is 64.3. The predicted molar refractivity (Wildman–Crippen MR) is 426 cm³/mol. The minimum Gasteiger partial charge on any atom is -0.508 e. The third-order valence-corrected chi connectivity index (χ3v) is 17.9. The number of methoxy groups -OCH3 is 9. The third kappa shape index (κ3) is 20.1. The van der Waals surface area contributed by atoms with Crippen molar-refractivity contribution >= 4 is 51.2 Å². The van der Waals surface area contributed by atoms with Crippen LogP contribution in [-0.4, -0.2) is 137 Å². The molecule has 566 valence electrons. The number of benzene rings is 9. The van der Waals surface area contributed by atoms with Gasteiger partial charge in [-0.2, -0.15) is 0 Å². The van der Waals surface area contributed by atoms with E-state index < -0.39 is 17.9 Å². The number of hydrogen-bond acceptors (Lipinski definition) is 18. The third-order valence-electron chi connectivity index (χ3n) is 17.4. The maximum absolute atomic E-state index is 13.2. The molecule has 3 aromatic heterocycles. The van der Waals surface area contributed by atoms with Gasteiger partial charge in [-0.05, 0) is 193 Å². The van der Waals surface area contributed by atoms with Gasteiger partial charge >= 0.3 is 17.9 Å². The lowest BCUT2D eigenvalue weighted by molar-refractivity contribution is 0.0579. The van der Waals surface area contributed by atoms with Crippen molar-refractivity contribution in [2.45, 2.75) is 26.9 Å². The summed E-state index contributed by atoms with van der Waals surface area (Å²) in [5.41, 5.74) is 12.2. The molecule has 0 amide bonds. The van der Waals surface area contributed by atoms with Gasteiger partial charge in [0.05, 0.1) is 95.6 Å². The fraction of sp³-hybridized carbons (Fsp3) is 0.182. The molecular weight excluding hydrogens is 1470 g/mol. The van der Waals surface area contributed by atoms with E-state index in [4.69, 9.17) is 52.1 Å². The van der Waals surface area contributed by atoms with E-state index in [0.29, 0.717) is 86.3 Å². The van der Waals surface area contributed by atoms with Gasteiger partial charge in [0.25, 0.3) is 0 Å². The van der Waals surface area contributed by atoms with E-state index in [9.17, 15) is 33.9 Å². The first-order valence-electron chi connectivity index (χ1n) is 34.6. The van der Waals surface area contributed by atoms with Crippen LogP contribution in [-0.2, 0) is 27.3 Å². The Balaban J connectivity index is 0.000000178. The molecule has 0 radical (unpaired) electrons. The molecule has 0 atom stereocenters. The van der Waals surface area contributed by atoms with Gasteiger partial charge in [0.2, 0.25) is 0 Å². The number of halogens is 1. The molecule has 3 heterocycles. The average Bonchev–Trinajstić information content (AvgIpc) is 1.62. The molecule has 0 aliphatic heterocycles. The number of aromatic hydroxyl groups is 1. The second-order valence-corrected chi connectivity index (χ2v) is 24.5. The van der Waals surface area contributed by atoms with Crippen molar-refractivity contribution < 1.29 is 86.0 Å². The number of nitrogens with one attached hydrogen (secondary N) is 1. The number of esters is 3. The largest absolute Gasteiger partial charge is 0.508 e. The number of nitrogens with zero attached hydrogens (tertiary/aromatic N) is 2. The fourth-order valence-corrected chi connectivity index (χ4v) is 12.2. The van der Waals surface area contributed by atoms with Crippen LogP contribution in [0.5, 0.6) is 51.7 Å². The van der Waals surface area contributed by atoms with Gasteiger partial charge < -0.3 is 71.3 Å². The second kappa shape index (κ2) is 39.5. The van der Waals surface area contributed by atoms with Crippen molar-refractivity contribution in [1.82, 2.24) is 14.1 Å². The Labute approximate surface area is 646 Å². The number of H-pyrrole nitrogens is 1. The zero-order valence-electron chi connectivity index (χ0n) is 62.7. The summed E-state index contributed by atoms with van der Waals surface area (Å²) in [6.45, 7) is 4.90. The first-order chi connectivity index (χ1) is 53.4. The number of phenolic OH excluding ortho intramolecular Hbond substituents is 1. The number of ether oxygens (including phenoxy) is 11. The van der Waals surface area contributed by atoms with Crippen molar-refractivity contribution in [3.05, 3.63) is 271 Å². The highest BCUT2D eigenvalue weighted by Gasteiger charge is 2.29. The molecule has 2 N–H and O–H groups in total. The van der Waals surface area contributed by atoms with E-state index in [0.717, 1.165) is 73.1 Å². The number of carbonyl (C=O) groups is 6. The quantitative estimate of drug-likeness (QED) is 0.0210. The summed E-state index contributed by atoms with van der Waals surface area (Å²) in [7, 11) is 13.6. The maximum atomic E-state index is 13.2. The number of alkyl halides is 1. The first kappa shape index (κ1) is 81.0. The molecule has 0 fully saturated rings. The second-order valence-electron chi connectivity index (χ2n) is 24.0. The lowest BCUT2D eigenvalue weighted by Crippen LogP contribution is -2.16. The number of phenols is 1. The Kier molecular flexibility index (Phi) is 29.1. The molecule has 0 saturated heterocycles. The monoisotopic (exact) mass is 1550 g/mol. The molecule has 12 aromatic rings. The molecule has 110 heavy (non-hydrogen) atoms. The minimum atomic E-state index is -0.574. The molecule has 12 rings (SSSR count). The standard InChI is InChI=1S/C30H29NO6.C28H25NO6.C21H21NO4.C9H9BrO2/c1-5-37-25-16-10-22(11-17-25)28-26(20-6-12-23(34-2)13-7-20)18-31(29(28)30(33)36-4)19-27(32)21-8-14-24(35-3)15-9-21;1-33-22-12-6-18(7-13-22)24-16-29(17-25(31)19-8-14-23(34-2)15-9-19)27(28(32)35-3)26(24)20-4-10-21(30)11-5-20;1-4-26-17-11-7-15(8-12-17)19-18(13-22-20(19)21(23)25-3)14-5-9-16(24-2)10-6-14;1-12-8-4-2-7(3-5-8)9(11)6-10/h6-18H,5,19H2,1-4H3;4-16,30H,17H2,1-3H3;5-13,22H,4H2,1-3H3;2-5H,6H2,1H3. The lowest BCUT2D eigenvalue weighted by atomic mass is 9.96. The molecule has 0 aliphatic rings. The summed E-state index contributed by atoms with van der Waals surface area (Å²) in [5.74, 6) is 4.12. The van der Waals surface area contributed by atoms with Gasteiger partial charge in [-0.25, -0.2) is 14.4 Å². The van der Waals surface area contributed by atoms with Crippen LogP contribution in [0.4, 0.5) is 0 Å². The number of aromatic nitrogens is 3. The van der Waals surface area contributed by atoms with Crippen LogP contribution in [0.15, 0.2) is 237 Å². The summed E-state index contributed by atoms with van der Waals surface area (Å²) in [4.78, 5) is 78.9. The van der Waals surface area contributed by atoms with Crippen molar-refractivity contribution in [1.29, 1.82) is 0 Å². The molecule has 0 bridgehead atoms. The summed E-state index contributed by atoms with van der Waals surface area (Å²) in [6.07, 6.45) is 5.42. The van der Waals surface area contributed by atoms with Crippen LogP contribution in [0.3, 0.4) is 0 Å². The molecule has 21 nitrogen and oxygen atoms in total. The Morgan fingerprint density at radius 2 is 0.609 bits per heavy atom. The summed E-state index contributed by atoms with van der Waals surface area (Å²) >= 11 is 3.11. The Hall–Kier alpha value is -13.1. The van der Waals surface area contributed by atoms with Crippen LogP contribution in [0.1, 0.15) is 76.4 Å². The highest BCUT2D eigenvalue weighted by Crippen LogP contribution is 2.42. The van der Waals surface area contributed by atoms with Crippen LogP contribution in [0.25, 0.3) is 66.8 Å². The van der Waals surface area contributed by atoms with Gasteiger partial charge in [0.15, 0.2) is 17.3 Å². The Bertz CT molecular complexity index is 5050. The number of aromatic amines is 1. The molecule has 0 aliphatic carbocycles. The summed E-state index contributed by atoms with van der Waals surface area (Å²) in [6, 6.07) is 65.1. The van der Waals surface area contributed by atoms with E-state index in [1.165, 1.54) is 21.3 Å². The van der Waals surface area contributed by atoms with Crippen LogP contribution in [0, 0.1) is 0 Å². The molecule has 22 heteroatoms. The Morgan fingerprint density at radius 1 is 0.336 bits per heavy atom. The van der Waals surface area contributed by atoms with E-state index >= 15 is 0 Å². The molecule has 0 saturated carbocycles. The van der Waals surface area contributed by atoms with Gasteiger partial charge in [-0.15, -0.1) is 0 Å². The van der Waals surface area contributed by atoms with E-state index in [1.807, 2.05) is 148 Å². The van der Waals surface area contributed by atoms with E-state index in [1.54, 1.807) is 155 Å². The number of rotatable bonds is 27. The van der Waals surface area contributed by atoms with Gasteiger partial charge in [0, 0.05) is 68.7 Å². The van der Waals surface area contributed by atoms with Gasteiger partial charge in [-0.1, -0.05) is 88.7 Å². The Morgan fingerprint density at radius 3 is 0.909 bits per heavy atom. The fourth-order valence-electron chi connectivity index (χ4n) is 11.8. The zero-order chi connectivity index (χ0) is 78.8. The average molecular weight is 1550 g/mol. The highest BCUT2D eigenvalue weighted by atomic mass is 79.9. The van der Waals surface area contributed by atoms with E-state index in [2.05, 4.69) is 20.9 Å². The van der Waals surface area contributed by atoms with Gasteiger partial charge in [-0.3, -0.25) is 14.4 Å². The predicted octanol–water partition coefficient (Wildman–Crippen LogP) is 17.9.